The first-order valence-electron chi connectivity index (χ1n) is 10.3. The Morgan fingerprint density at radius 2 is 1.96 bits per heavy atom. The van der Waals surface area contributed by atoms with E-state index in [1.54, 1.807) is 17.8 Å². The fourth-order valence-electron chi connectivity index (χ4n) is 2.99. The smallest absolute Gasteiger partial charge is 0.227 e. The van der Waals surface area contributed by atoms with Gasteiger partial charge in [0.05, 0.1) is 5.56 Å². The highest BCUT2D eigenvalue weighted by molar-refractivity contribution is 6.08. The number of aromatic nitrogens is 2. The number of nitrogens with zero attached hydrogens (tertiary/aromatic N) is 2. The summed E-state index contributed by atoms with van der Waals surface area (Å²) >= 11 is 0. The molecule has 1 aromatic carbocycles. The molecular weight excluding hydrogens is 284 g/mol. The zero-order valence-corrected chi connectivity index (χ0v) is 12.8. The Morgan fingerprint density at radius 1 is 1.09 bits per heavy atom. The Kier molecular flexibility index (Phi) is 1.89. The van der Waals surface area contributed by atoms with Crippen molar-refractivity contribution in [1.29, 1.82) is 0 Å². The summed E-state index contributed by atoms with van der Waals surface area (Å²) in [6, 6.07) is 9.07. The van der Waals surface area contributed by atoms with Crippen LogP contribution in [0.25, 0.3) is 33.3 Å². The largest absolute Gasteiger partial charge is 0.437 e. The molecule has 4 aromatic rings. The maximum absolute atomic E-state index is 7.87. The number of rotatable bonds is 1. The highest BCUT2D eigenvalue weighted by Gasteiger charge is 2.21. The van der Waals surface area contributed by atoms with Gasteiger partial charge in [0.15, 0.2) is 11.8 Å². The van der Waals surface area contributed by atoms with Gasteiger partial charge in [-0.05, 0) is 43.9 Å². The fraction of sp³-hybridized carbons (Fsp3) is 0.200. The first kappa shape index (κ1) is 8.82. The highest BCUT2D eigenvalue weighted by atomic mass is 16.3. The maximum atomic E-state index is 7.87. The van der Waals surface area contributed by atoms with E-state index < -0.39 is 13.7 Å². The summed E-state index contributed by atoms with van der Waals surface area (Å²) in [4.78, 5) is 4.27. The highest BCUT2D eigenvalue weighted by Crippen LogP contribution is 2.36. The molecule has 3 heteroatoms. The molecule has 3 nitrogen and oxygen atoms in total. The van der Waals surface area contributed by atoms with Crippen LogP contribution < -0.4 is 4.57 Å². The van der Waals surface area contributed by atoms with E-state index in [1.807, 2.05) is 31.2 Å². The molecule has 0 aliphatic heterocycles. The third kappa shape index (κ3) is 2.04. The van der Waals surface area contributed by atoms with Gasteiger partial charge < -0.3 is 4.42 Å². The monoisotopic (exact) mass is 309 g/mol. The standard InChI is InChI=1S/C20H19N2O/c1-12-7-8-15-16-6-5-9-21-20(16)23-19(15)18(12)17-10-13(2)14(3)11-22(17)4/h5-11H,1-4H3/q+1/i2D3,3D3. The minimum absolute atomic E-state index is 0.181. The number of aryl methyl sites for hydroxylation is 4. The van der Waals surface area contributed by atoms with E-state index in [2.05, 4.69) is 4.98 Å². The molecule has 4 rings (SSSR count). The zero-order valence-electron chi connectivity index (χ0n) is 18.8. The van der Waals surface area contributed by atoms with Crippen molar-refractivity contribution in [3.05, 3.63) is 59.4 Å². The average molecular weight is 309 g/mol. The molecule has 0 aliphatic rings. The molecule has 0 unspecified atom stereocenters. The molecule has 0 saturated heterocycles. The summed E-state index contributed by atoms with van der Waals surface area (Å²) in [6.45, 7) is -3.20. The first-order chi connectivity index (χ1) is 13.5. The van der Waals surface area contributed by atoms with E-state index in [0.29, 0.717) is 22.6 Å². The molecule has 3 aromatic heterocycles. The van der Waals surface area contributed by atoms with Crippen LogP contribution in [0.3, 0.4) is 0 Å². The van der Waals surface area contributed by atoms with E-state index in [0.717, 1.165) is 16.3 Å². The lowest BCUT2D eigenvalue weighted by molar-refractivity contribution is -0.660. The van der Waals surface area contributed by atoms with Gasteiger partial charge >= 0.3 is 0 Å². The SMILES string of the molecule is [2H]C([2H])([2H])c1cc(-c2c(C)ccc3c2oc2ncccc23)[n+](C)cc1C([2H])([2H])[2H]. The van der Waals surface area contributed by atoms with Crippen molar-refractivity contribution in [1.82, 2.24) is 4.98 Å². The van der Waals surface area contributed by atoms with Crippen LogP contribution in [0.15, 0.2) is 47.1 Å². The van der Waals surface area contributed by atoms with Crippen molar-refractivity contribution < 1.29 is 17.2 Å². The van der Waals surface area contributed by atoms with Crippen LogP contribution >= 0.6 is 0 Å². The first-order valence-corrected chi connectivity index (χ1v) is 7.30. The Hall–Kier alpha value is -2.68. The Morgan fingerprint density at radius 3 is 2.78 bits per heavy atom. The van der Waals surface area contributed by atoms with Crippen LogP contribution in [0.4, 0.5) is 0 Å². The number of hydrogen-bond donors (Lipinski definition) is 0. The second kappa shape index (κ2) is 4.92. The topological polar surface area (TPSA) is 29.9 Å². The van der Waals surface area contributed by atoms with Gasteiger partial charge in [-0.25, -0.2) is 9.55 Å². The van der Waals surface area contributed by atoms with Crippen LogP contribution in [0.1, 0.15) is 24.9 Å². The quantitative estimate of drug-likeness (QED) is 0.488. The third-order valence-electron chi connectivity index (χ3n) is 4.16. The van der Waals surface area contributed by atoms with Crippen molar-refractivity contribution in [3.8, 4) is 11.3 Å². The Labute approximate surface area is 143 Å². The summed E-state index contributed by atoms with van der Waals surface area (Å²) in [5.41, 5.74) is 2.87. The molecule has 0 fully saturated rings. The van der Waals surface area contributed by atoms with Gasteiger partial charge in [-0.15, -0.1) is 0 Å². The van der Waals surface area contributed by atoms with Crippen LogP contribution in [0.5, 0.6) is 0 Å². The van der Waals surface area contributed by atoms with Crippen molar-refractivity contribution in [2.75, 3.05) is 0 Å². The van der Waals surface area contributed by atoms with Gasteiger partial charge in [-0.1, -0.05) is 12.1 Å². The lowest BCUT2D eigenvalue weighted by Crippen LogP contribution is -2.31. The van der Waals surface area contributed by atoms with E-state index in [9.17, 15) is 0 Å². The Bertz CT molecular complexity index is 1250. The second-order valence-corrected chi connectivity index (χ2v) is 5.69. The number of pyridine rings is 2. The molecule has 0 aliphatic carbocycles. The summed E-state index contributed by atoms with van der Waals surface area (Å²) in [7, 11) is 1.70. The number of hydrogen-bond acceptors (Lipinski definition) is 2. The summed E-state index contributed by atoms with van der Waals surface area (Å²) in [5.74, 6) is 0. The average Bonchev–Trinajstić information content (AvgIpc) is 2.98. The summed E-state index contributed by atoms with van der Waals surface area (Å²) in [6.07, 6.45) is 3.03. The van der Waals surface area contributed by atoms with Crippen molar-refractivity contribution in [2.45, 2.75) is 20.6 Å². The second-order valence-electron chi connectivity index (χ2n) is 5.69. The van der Waals surface area contributed by atoms with Gasteiger partial charge in [-0.2, -0.15) is 0 Å². The van der Waals surface area contributed by atoms with Gasteiger partial charge in [-0.3, -0.25) is 0 Å². The molecule has 0 spiro atoms. The van der Waals surface area contributed by atoms with Crippen molar-refractivity contribution in [3.63, 3.8) is 0 Å². The normalized spacial score (nSPS) is 16.4. The van der Waals surface area contributed by atoms with Crippen LogP contribution in [-0.4, -0.2) is 4.98 Å². The molecule has 114 valence electrons. The minimum atomic E-state index is -2.57. The van der Waals surface area contributed by atoms with Crippen molar-refractivity contribution >= 4 is 22.1 Å². The van der Waals surface area contributed by atoms with E-state index >= 15 is 0 Å². The van der Waals surface area contributed by atoms with Gasteiger partial charge in [0, 0.05) is 36.8 Å². The van der Waals surface area contributed by atoms with E-state index in [1.165, 1.54) is 12.3 Å². The Balaban J connectivity index is 2.10. The fourth-order valence-corrected chi connectivity index (χ4v) is 2.99. The number of fused-ring (bicyclic) bond motifs is 3. The third-order valence-corrected chi connectivity index (χ3v) is 4.16. The van der Waals surface area contributed by atoms with Crippen molar-refractivity contribution in [2.24, 2.45) is 7.05 Å². The van der Waals surface area contributed by atoms with Gasteiger partial charge in [0.2, 0.25) is 11.4 Å². The summed E-state index contributed by atoms with van der Waals surface area (Å²) in [5, 5.41) is 1.73. The number of benzene rings is 1. The molecule has 3 heterocycles. The molecular formula is C20H19N2O+. The van der Waals surface area contributed by atoms with Crippen LogP contribution in [-0.2, 0) is 7.05 Å². The lowest BCUT2D eigenvalue weighted by atomic mass is 9.99. The van der Waals surface area contributed by atoms with E-state index in [-0.39, 0.29) is 11.1 Å². The molecule has 0 saturated carbocycles. The maximum Gasteiger partial charge on any atom is 0.227 e. The zero-order chi connectivity index (χ0) is 21.1. The molecule has 0 radical (unpaired) electrons. The predicted octanol–water partition coefficient (Wildman–Crippen LogP) is 4.40. The summed E-state index contributed by atoms with van der Waals surface area (Å²) < 4.78 is 54.5. The minimum Gasteiger partial charge on any atom is -0.437 e. The predicted molar refractivity (Wildman–Crippen MR) is 92.3 cm³/mol. The molecule has 0 N–H and O–H groups in total. The van der Waals surface area contributed by atoms with Crippen LogP contribution in [0, 0.1) is 20.6 Å². The molecule has 23 heavy (non-hydrogen) atoms. The number of furan rings is 1. The molecule has 0 amide bonds. The lowest BCUT2D eigenvalue weighted by Gasteiger charge is -2.07. The van der Waals surface area contributed by atoms with E-state index in [4.69, 9.17) is 12.6 Å². The molecule has 0 bridgehead atoms. The van der Waals surface area contributed by atoms with Gasteiger partial charge in [0.1, 0.15) is 7.05 Å². The van der Waals surface area contributed by atoms with Gasteiger partial charge in [0.25, 0.3) is 0 Å². The molecule has 0 atom stereocenters. The van der Waals surface area contributed by atoms with Crippen LogP contribution in [0.2, 0.25) is 0 Å².